The van der Waals surface area contributed by atoms with Crippen LogP contribution in [-0.4, -0.2) is 52.0 Å². The van der Waals surface area contributed by atoms with Crippen LogP contribution in [0.3, 0.4) is 0 Å². The van der Waals surface area contributed by atoms with Crippen molar-refractivity contribution in [1.82, 2.24) is 9.62 Å². The number of carbonyl (C=O) groups is 1. The van der Waals surface area contributed by atoms with Crippen molar-refractivity contribution >= 4 is 28.3 Å². The Morgan fingerprint density at radius 2 is 1.92 bits per heavy atom. The molecular formula is C15H26ClN3O4S. The average molecular weight is 380 g/mol. The number of sulfonamides is 1. The van der Waals surface area contributed by atoms with Gasteiger partial charge < -0.3 is 15.4 Å². The topological polar surface area (TPSA) is 102 Å². The van der Waals surface area contributed by atoms with Gasteiger partial charge in [0, 0.05) is 32.6 Å². The molecule has 0 bridgehead atoms. The summed E-state index contributed by atoms with van der Waals surface area (Å²) in [5.41, 5.74) is 5.50. The van der Waals surface area contributed by atoms with E-state index < -0.39 is 10.0 Å². The molecule has 0 fully saturated rings. The number of likely N-dealkylation sites (N-methyl/N-ethyl adjacent to an activating group) is 1. The summed E-state index contributed by atoms with van der Waals surface area (Å²) >= 11 is 0. The Morgan fingerprint density at radius 1 is 1.33 bits per heavy atom. The number of nitrogens with two attached hydrogens (primary N) is 1. The van der Waals surface area contributed by atoms with Crippen LogP contribution >= 0.6 is 12.4 Å². The third-order valence-corrected chi connectivity index (χ3v) is 4.95. The molecule has 1 rings (SSSR count). The molecule has 1 amide bonds. The lowest BCUT2D eigenvalue weighted by atomic mass is 10.2. The van der Waals surface area contributed by atoms with Gasteiger partial charge in [-0.1, -0.05) is 0 Å². The summed E-state index contributed by atoms with van der Waals surface area (Å²) in [7, 11) is -1.99. The molecule has 0 heterocycles. The van der Waals surface area contributed by atoms with Crippen LogP contribution in [0.2, 0.25) is 0 Å². The first-order chi connectivity index (χ1) is 10.8. The molecule has 24 heavy (non-hydrogen) atoms. The molecule has 1 aromatic rings. The molecule has 0 spiro atoms. The Hall–Kier alpha value is -1.35. The van der Waals surface area contributed by atoms with Gasteiger partial charge in [0.25, 0.3) is 0 Å². The van der Waals surface area contributed by atoms with Crippen molar-refractivity contribution < 1.29 is 17.9 Å². The van der Waals surface area contributed by atoms with Crippen LogP contribution in [-0.2, 0) is 14.8 Å². The maximum absolute atomic E-state index is 12.1. The Kier molecular flexibility index (Phi) is 9.91. The lowest BCUT2D eigenvalue weighted by Crippen LogP contribution is -2.41. The molecule has 138 valence electrons. The highest BCUT2D eigenvalue weighted by Crippen LogP contribution is 2.15. The SMILES string of the molecule is CCOc1ccc(S(=O)(=O)NCCC(=O)N(C)C(C)CN)cc1.Cl. The van der Waals surface area contributed by atoms with Crippen LogP contribution in [0.5, 0.6) is 5.75 Å². The molecule has 0 saturated heterocycles. The predicted octanol–water partition coefficient (Wildman–Crippen LogP) is 0.981. The molecule has 7 nitrogen and oxygen atoms in total. The maximum atomic E-state index is 12.1. The summed E-state index contributed by atoms with van der Waals surface area (Å²) < 4.78 is 32.0. The van der Waals surface area contributed by atoms with E-state index in [4.69, 9.17) is 10.5 Å². The second-order valence-corrected chi connectivity index (χ2v) is 6.91. The number of hydrogen-bond donors (Lipinski definition) is 2. The van der Waals surface area contributed by atoms with Crippen LogP contribution < -0.4 is 15.2 Å². The monoisotopic (exact) mass is 379 g/mol. The summed E-state index contributed by atoms with van der Waals surface area (Å²) in [6.07, 6.45) is 0.0805. The first kappa shape index (κ1) is 22.6. The van der Waals surface area contributed by atoms with Crippen LogP contribution in [0.4, 0.5) is 0 Å². The first-order valence-corrected chi connectivity index (χ1v) is 8.98. The van der Waals surface area contributed by atoms with E-state index in [1.165, 1.54) is 17.0 Å². The highest BCUT2D eigenvalue weighted by atomic mass is 35.5. The molecule has 1 unspecified atom stereocenters. The third-order valence-electron chi connectivity index (χ3n) is 3.47. The molecule has 0 aliphatic carbocycles. The quantitative estimate of drug-likeness (QED) is 0.666. The van der Waals surface area contributed by atoms with E-state index in [1.807, 2.05) is 13.8 Å². The van der Waals surface area contributed by atoms with E-state index in [-0.39, 0.29) is 42.2 Å². The minimum absolute atomic E-state index is 0. The van der Waals surface area contributed by atoms with Gasteiger partial charge in [0.05, 0.1) is 11.5 Å². The minimum Gasteiger partial charge on any atom is -0.494 e. The van der Waals surface area contributed by atoms with Gasteiger partial charge in [0.1, 0.15) is 5.75 Å². The summed E-state index contributed by atoms with van der Waals surface area (Å²) in [5.74, 6) is 0.455. The highest BCUT2D eigenvalue weighted by molar-refractivity contribution is 7.89. The van der Waals surface area contributed by atoms with Crippen LogP contribution in [0.25, 0.3) is 0 Å². The van der Waals surface area contributed by atoms with Crippen LogP contribution in [0.1, 0.15) is 20.3 Å². The second-order valence-electron chi connectivity index (χ2n) is 5.14. The van der Waals surface area contributed by atoms with Gasteiger partial charge in [-0.3, -0.25) is 4.79 Å². The molecule has 3 N–H and O–H groups in total. The molecule has 0 aliphatic heterocycles. The molecule has 9 heteroatoms. The van der Waals surface area contributed by atoms with Crippen molar-refractivity contribution in [2.45, 2.75) is 31.2 Å². The fourth-order valence-corrected chi connectivity index (χ4v) is 2.87. The van der Waals surface area contributed by atoms with Crippen LogP contribution in [0, 0.1) is 0 Å². The largest absolute Gasteiger partial charge is 0.494 e. The van der Waals surface area contributed by atoms with Gasteiger partial charge in [-0.25, -0.2) is 13.1 Å². The van der Waals surface area contributed by atoms with Crippen molar-refractivity contribution in [3.63, 3.8) is 0 Å². The number of carbonyl (C=O) groups excluding carboxylic acids is 1. The first-order valence-electron chi connectivity index (χ1n) is 7.50. The lowest BCUT2D eigenvalue weighted by Gasteiger charge is -2.23. The second kappa shape index (κ2) is 10.5. The zero-order valence-corrected chi connectivity index (χ0v) is 15.8. The number of halogens is 1. The number of nitrogens with one attached hydrogen (secondary N) is 1. The molecule has 0 saturated carbocycles. The van der Waals surface area contributed by atoms with E-state index in [0.717, 1.165) is 0 Å². The van der Waals surface area contributed by atoms with E-state index in [9.17, 15) is 13.2 Å². The number of rotatable bonds is 9. The molecular weight excluding hydrogens is 354 g/mol. The van der Waals surface area contributed by atoms with E-state index >= 15 is 0 Å². The number of nitrogens with zero attached hydrogens (tertiary/aromatic N) is 1. The number of ether oxygens (including phenoxy) is 1. The van der Waals surface area contributed by atoms with Crippen molar-refractivity contribution in [2.75, 3.05) is 26.7 Å². The lowest BCUT2D eigenvalue weighted by molar-refractivity contribution is -0.131. The smallest absolute Gasteiger partial charge is 0.240 e. The summed E-state index contributed by atoms with van der Waals surface area (Å²) in [4.78, 5) is 13.6. The van der Waals surface area contributed by atoms with Crippen LogP contribution in [0.15, 0.2) is 29.2 Å². The number of amides is 1. The molecule has 0 aromatic heterocycles. The standard InChI is InChI=1S/C15H25N3O4S.ClH/c1-4-22-13-5-7-14(8-6-13)23(20,21)17-10-9-15(19)18(3)12(2)11-16;/h5-8,12,17H,4,9-11,16H2,1-3H3;1H. The molecule has 1 atom stereocenters. The predicted molar refractivity (Wildman–Crippen MR) is 96.0 cm³/mol. The van der Waals surface area contributed by atoms with E-state index in [0.29, 0.717) is 18.9 Å². The Bertz CT molecular complexity index is 608. The summed E-state index contributed by atoms with van der Waals surface area (Å²) in [5, 5.41) is 0. The van der Waals surface area contributed by atoms with Gasteiger partial charge >= 0.3 is 0 Å². The zero-order chi connectivity index (χ0) is 17.5. The minimum atomic E-state index is -3.64. The fourth-order valence-electron chi connectivity index (χ4n) is 1.84. The highest BCUT2D eigenvalue weighted by Gasteiger charge is 2.17. The van der Waals surface area contributed by atoms with Crippen molar-refractivity contribution in [2.24, 2.45) is 5.73 Å². The number of hydrogen-bond acceptors (Lipinski definition) is 5. The van der Waals surface area contributed by atoms with Crippen molar-refractivity contribution in [3.8, 4) is 5.75 Å². The zero-order valence-electron chi connectivity index (χ0n) is 14.2. The number of benzene rings is 1. The maximum Gasteiger partial charge on any atom is 0.240 e. The summed E-state index contributed by atoms with van der Waals surface area (Å²) in [6.45, 7) is 4.60. The normalized spacial score (nSPS) is 12.2. The Balaban J connectivity index is 0.00000529. The molecule has 0 radical (unpaired) electrons. The van der Waals surface area contributed by atoms with Crippen molar-refractivity contribution in [3.05, 3.63) is 24.3 Å². The van der Waals surface area contributed by atoms with Crippen molar-refractivity contribution in [1.29, 1.82) is 0 Å². The van der Waals surface area contributed by atoms with Gasteiger partial charge in [-0.05, 0) is 38.1 Å². The van der Waals surface area contributed by atoms with Gasteiger partial charge in [0.15, 0.2) is 0 Å². The van der Waals surface area contributed by atoms with Gasteiger partial charge in [-0.2, -0.15) is 0 Å². The summed E-state index contributed by atoms with van der Waals surface area (Å²) in [6, 6.07) is 6.06. The van der Waals surface area contributed by atoms with E-state index in [1.54, 1.807) is 19.2 Å². The Labute approximate surface area is 150 Å². The fraction of sp³-hybridized carbons (Fsp3) is 0.533. The third kappa shape index (κ3) is 6.64. The Morgan fingerprint density at radius 3 is 2.42 bits per heavy atom. The molecule has 0 aliphatic rings. The van der Waals surface area contributed by atoms with Gasteiger partial charge in [0.2, 0.25) is 15.9 Å². The van der Waals surface area contributed by atoms with Gasteiger partial charge in [-0.15, -0.1) is 12.4 Å². The molecule has 1 aromatic carbocycles. The van der Waals surface area contributed by atoms with E-state index in [2.05, 4.69) is 4.72 Å². The average Bonchev–Trinajstić information content (AvgIpc) is 2.54.